The molecule has 2 heterocycles. The number of nitrogens with zero attached hydrogens (tertiary/aromatic N) is 2. The van der Waals surface area contributed by atoms with Crippen LogP contribution < -0.4 is 16.8 Å². The van der Waals surface area contributed by atoms with E-state index in [9.17, 15) is 4.79 Å². The highest BCUT2D eigenvalue weighted by Gasteiger charge is 2.31. The van der Waals surface area contributed by atoms with Gasteiger partial charge in [-0.1, -0.05) is 41.6 Å². The van der Waals surface area contributed by atoms with Crippen molar-refractivity contribution < 1.29 is 4.79 Å². The zero-order chi connectivity index (χ0) is 18.7. The Labute approximate surface area is 160 Å². The molecule has 0 aliphatic carbocycles. The van der Waals surface area contributed by atoms with Crippen LogP contribution in [0.1, 0.15) is 22.5 Å². The summed E-state index contributed by atoms with van der Waals surface area (Å²) in [6.07, 6.45) is 3.96. The summed E-state index contributed by atoms with van der Waals surface area (Å²) in [5.74, 6) is 0.439. The molecule has 6 nitrogen and oxygen atoms in total. The summed E-state index contributed by atoms with van der Waals surface area (Å²) < 4.78 is 0. The van der Waals surface area contributed by atoms with Crippen LogP contribution in [0.25, 0.3) is 0 Å². The van der Waals surface area contributed by atoms with Gasteiger partial charge in [0.1, 0.15) is 5.54 Å². The van der Waals surface area contributed by atoms with Crippen LogP contribution in [-0.2, 0) is 5.54 Å². The third-order valence-electron chi connectivity index (χ3n) is 4.10. The van der Waals surface area contributed by atoms with Gasteiger partial charge in [-0.05, 0) is 30.2 Å². The smallest absolute Gasteiger partial charge is 0.276 e. The van der Waals surface area contributed by atoms with Gasteiger partial charge in [-0.2, -0.15) is 0 Å². The molecule has 1 aromatic carbocycles. The van der Waals surface area contributed by atoms with E-state index in [1.165, 1.54) is 24.0 Å². The number of halogens is 1. The van der Waals surface area contributed by atoms with Crippen LogP contribution in [0.2, 0.25) is 5.02 Å². The lowest BCUT2D eigenvalue weighted by Crippen LogP contribution is -2.29. The third kappa shape index (κ3) is 3.68. The van der Waals surface area contributed by atoms with Crippen molar-refractivity contribution in [2.24, 2.45) is 10.7 Å². The number of aromatic nitrogens is 1. The first-order valence-electron chi connectivity index (χ1n) is 7.88. The maximum Gasteiger partial charge on any atom is 0.276 e. The number of benzene rings is 1. The molecule has 1 aromatic heterocycles. The van der Waals surface area contributed by atoms with Crippen molar-refractivity contribution in [1.82, 2.24) is 4.98 Å². The number of pyridine rings is 1. The summed E-state index contributed by atoms with van der Waals surface area (Å²) in [6, 6.07) is 8.93. The Hall–Kier alpha value is -2.51. The standard InChI is InChI=1S/C18H18ClN5OS/c1-2-18(6-7-26-17(21)24-18)11-4-3-5-13(8-11)23-16(25)15-14(20)9-12(19)10-22-15/h2-5,8-10H,1,6-7,20H2,(H2,21,24)(H,23,25). The molecule has 0 radical (unpaired) electrons. The van der Waals surface area contributed by atoms with Crippen LogP contribution in [0.5, 0.6) is 0 Å². The van der Waals surface area contributed by atoms with E-state index >= 15 is 0 Å². The van der Waals surface area contributed by atoms with Gasteiger partial charge in [0.25, 0.3) is 5.91 Å². The maximum absolute atomic E-state index is 12.5. The van der Waals surface area contributed by atoms with Crippen molar-refractivity contribution in [3.63, 3.8) is 0 Å². The molecule has 5 N–H and O–H groups in total. The number of amides is 1. The van der Waals surface area contributed by atoms with Gasteiger partial charge in [0.15, 0.2) is 10.9 Å². The molecule has 134 valence electrons. The highest BCUT2D eigenvalue weighted by Crippen LogP contribution is 2.37. The van der Waals surface area contributed by atoms with E-state index in [4.69, 9.17) is 23.1 Å². The molecule has 2 aromatic rings. The molecule has 0 fully saturated rings. The number of carbonyl (C=O) groups is 1. The number of amidine groups is 1. The van der Waals surface area contributed by atoms with Crippen molar-refractivity contribution in [2.75, 3.05) is 16.8 Å². The maximum atomic E-state index is 12.5. The van der Waals surface area contributed by atoms with E-state index < -0.39 is 11.4 Å². The minimum atomic E-state index is -0.590. The second-order valence-corrected chi connectivity index (χ2v) is 7.35. The molecule has 8 heteroatoms. The molecule has 1 unspecified atom stereocenters. The molecule has 1 atom stereocenters. The SMILES string of the molecule is C=CC1(c2cccc(NC(=O)c3ncc(Cl)cc3N)c2)CCSC(N)=N1. The van der Waals surface area contributed by atoms with Gasteiger partial charge in [0, 0.05) is 17.6 Å². The van der Waals surface area contributed by atoms with Crippen LogP contribution in [0.15, 0.2) is 54.2 Å². The fourth-order valence-corrected chi connectivity index (χ4v) is 3.79. The molecule has 1 aliphatic heterocycles. The average Bonchev–Trinajstić information content (AvgIpc) is 2.61. The van der Waals surface area contributed by atoms with Gasteiger partial charge in [0.2, 0.25) is 0 Å². The monoisotopic (exact) mass is 387 g/mol. The van der Waals surface area contributed by atoms with E-state index in [1.54, 1.807) is 12.1 Å². The Bertz CT molecular complexity index is 901. The van der Waals surface area contributed by atoms with Crippen LogP contribution in [-0.4, -0.2) is 21.8 Å². The van der Waals surface area contributed by atoms with E-state index in [0.29, 0.717) is 15.9 Å². The summed E-state index contributed by atoms with van der Waals surface area (Å²) in [5, 5.41) is 3.71. The van der Waals surface area contributed by atoms with E-state index in [2.05, 4.69) is 21.9 Å². The molecular formula is C18H18ClN5OS. The largest absolute Gasteiger partial charge is 0.397 e. The van der Waals surface area contributed by atoms with Gasteiger partial charge < -0.3 is 16.8 Å². The van der Waals surface area contributed by atoms with Gasteiger partial charge in [-0.15, -0.1) is 6.58 Å². The second kappa shape index (κ2) is 7.39. The molecule has 0 spiro atoms. The first-order chi connectivity index (χ1) is 12.4. The van der Waals surface area contributed by atoms with E-state index in [0.717, 1.165) is 17.7 Å². The predicted molar refractivity (Wildman–Crippen MR) is 109 cm³/mol. The Balaban J connectivity index is 1.89. The molecule has 1 aliphatic rings. The van der Waals surface area contributed by atoms with Gasteiger partial charge in [0.05, 0.1) is 10.7 Å². The molecular weight excluding hydrogens is 370 g/mol. The number of nitrogens with one attached hydrogen (secondary N) is 1. The normalized spacial score (nSPS) is 19.5. The predicted octanol–water partition coefficient (Wildman–Crippen LogP) is 3.40. The van der Waals surface area contributed by atoms with Crippen molar-refractivity contribution in [2.45, 2.75) is 12.0 Å². The fraction of sp³-hybridized carbons (Fsp3) is 0.167. The summed E-state index contributed by atoms with van der Waals surface area (Å²) in [6.45, 7) is 3.93. The highest BCUT2D eigenvalue weighted by molar-refractivity contribution is 8.13. The second-order valence-electron chi connectivity index (χ2n) is 5.80. The quantitative estimate of drug-likeness (QED) is 0.697. The average molecular weight is 388 g/mol. The van der Waals surface area contributed by atoms with Crippen molar-refractivity contribution in [1.29, 1.82) is 0 Å². The fourth-order valence-electron chi connectivity index (χ4n) is 2.77. The Morgan fingerprint density at radius 2 is 2.19 bits per heavy atom. The minimum Gasteiger partial charge on any atom is -0.397 e. The number of thioether (sulfide) groups is 1. The van der Waals surface area contributed by atoms with Crippen LogP contribution in [0, 0.1) is 0 Å². The first kappa shape index (κ1) is 18.3. The topological polar surface area (TPSA) is 106 Å². The Morgan fingerprint density at radius 1 is 1.38 bits per heavy atom. The number of carbonyl (C=O) groups excluding carboxylic acids is 1. The molecule has 1 amide bonds. The number of aliphatic imine (C=N–C) groups is 1. The zero-order valence-electron chi connectivity index (χ0n) is 13.9. The van der Waals surface area contributed by atoms with E-state index in [-0.39, 0.29) is 11.4 Å². The van der Waals surface area contributed by atoms with Crippen LogP contribution >= 0.6 is 23.4 Å². The lowest BCUT2D eigenvalue weighted by atomic mass is 9.87. The molecule has 0 saturated carbocycles. The van der Waals surface area contributed by atoms with E-state index in [1.807, 2.05) is 18.2 Å². The number of rotatable bonds is 4. The summed E-state index contributed by atoms with van der Waals surface area (Å²) in [4.78, 5) is 21.1. The summed E-state index contributed by atoms with van der Waals surface area (Å²) >= 11 is 7.35. The number of hydrogen-bond acceptors (Lipinski definition) is 6. The first-order valence-corrected chi connectivity index (χ1v) is 9.24. The Morgan fingerprint density at radius 3 is 2.88 bits per heavy atom. The number of nitrogen functional groups attached to an aromatic ring is 1. The summed E-state index contributed by atoms with van der Waals surface area (Å²) in [5.41, 5.74) is 13.0. The molecule has 0 saturated heterocycles. The van der Waals surface area contributed by atoms with Crippen molar-refractivity contribution in [3.05, 3.63) is 65.5 Å². The molecule has 3 rings (SSSR count). The van der Waals surface area contributed by atoms with Crippen molar-refractivity contribution >= 4 is 45.8 Å². The van der Waals surface area contributed by atoms with Gasteiger partial charge in [-0.3, -0.25) is 4.79 Å². The summed E-state index contributed by atoms with van der Waals surface area (Å²) in [7, 11) is 0. The minimum absolute atomic E-state index is 0.120. The van der Waals surface area contributed by atoms with Gasteiger partial charge >= 0.3 is 0 Å². The number of hydrogen-bond donors (Lipinski definition) is 3. The molecule has 26 heavy (non-hydrogen) atoms. The third-order valence-corrected chi connectivity index (χ3v) is 5.10. The number of nitrogens with two attached hydrogens (primary N) is 2. The lowest BCUT2D eigenvalue weighted by molar-refractivity contribution is 0.102. The lowest BCUT2D eigenvalue weighted by Gasteiger charge is -2.30. The number of anilines is 2. The van der Waals surface area contributed by atoms with Crippen molar-refractivity contribution in [3.8, 4) is 0 Å². The van der Waals surface area contributed by atoms with Gasteiger partial charge in [-0.25, -0.2) is 9.98 Å². The van der Waals surface area contributed by atoms with Crippen LogP contribution in [0.4, 0.5) is 11.4 Å². The highest BCUT2D eigenvalue weighted by atomic mass is 35.5. The zero-order valence-corrected chi connectivity index (χ0v) is 15.5. The Kier molecular flexibility index (Phi) is 5.20. The molecule has 0 bridgehead atoms. The van der Waals surface area contributed by atoms with Crippen LogP contribution in [0.3, 0.4) is 0 Å².